The highest BCUT2D eigenvalue weighted by Gasteiger charge is 2.30. The van der Waals surface area contributed by atoms with Crippen molar-refractivity contribution < 1.29 is 19.1 Å². The number of ether oxygens (including phenoxy) is 2. The van der Waals surface area contributed by atoms with Crippen molar-refractivity contribution in [1.29, 1.82) is 0 Å². The number of alkyl carbamates (subject to hydrolysis) is 1. The molecule has 130 valence electrons. The standard InChI is InChI=1S/C16H22N4O4/c1-11(13(19-20-17)14(21)24-16(2,3)4)18-15(22)23-10-12-8-6-5-7-9-12/h5-9,11,13H,10H2,1-4H3,(H,18,22)/t11-,13-/m0/s1. The fourth-order valence-electron chi connectivity index (χ4n) is 1.80. The van der Waals surface area contributed by atoms with Gasteiger partial charge in [0.15, 0.2) is 6.04 Å². The Morgan fingerprint density at radius 2 is 1.92 bits per heavy atom. The SMILES string of the molecule is C[C@H](NC(=O)OCc1ccccc1)[C@H](N=[N+]=[N-])C(=O)OC(C)(C)C. The van der Waals surface area contributed by atoms with E-state index in [0.29, 0.717) is 0 Å². The lowest BCUT2D eigenvalue weighted by Gasteiger charge is -2.25. The number of hydrogen-bond acceptors (Lipinski definition) is 5. The summed E-state index contributed by atoms with van der Waals surface area (Å²) in [6.45, 7) is 6.73. The molecule has 1 amide bonds. The summed E-state index contributed by atoms with van der Waals surface area (Å²) < 4.78 is 10.3. The van der Waals surface area contributed by atoms with Crippen molar-refractivity contribution in [1.82, 2.24) is 5.32 Å². The molecule has 0 spiro atoms. The Morgan fingerprint density at radius 3 is 2.46 bits per heavy atom. The first-order valence-electron chi connectivity index (χ1n) is 7.47. The van der Waals surface area contributed by atoms with Crippen LogP contribution in [-0.2, 0) is 20.9 Å². The van der Waals surface area contributed by atoms with Crippen LogP contribution in [0, 0.1) is 0 Å². The fraction of sp³-hybridized carbons (Fsp3) is 0.500. The quantitative estimate of drug-likeness (QED) is 0.372. The zero-order valence-corrected chi connectivity index (χ0v) is 14.2. The molecule has 0 saturated heterocycles. The van der Waals surface area contributed by atoms with Gasteiger partial charge in [0.05, 0.1) is 0 Å². The van der Waals surface area contributed by atoms with Gasteiger partial charge in [-0.25, -0.2) is 4.79 Å². The summed E-state index contributed by atoms with van der Waals surface area (Å²) >= 11 is 0. The molecular formula is C16H22N4O4. The van der Waals surface area contributed by atoms with Gasteiger partial charge in [0.2, 0.25) is 0 Å². The van der Waals surface area contributed by atoms with Gasteiger partial charge in [0.25, 0.3) is 0 Å². The summed E-state index contributed by atoms with van der Waals surface area (Å²) in [5, 5.41) is 5.89. The molecule has 0 heterocycles. The summed E-state index contributed by atoms with van der Waals surface area (Å²) in [6, 6.07) is 7.20. The molecule has 0 aliphatic rings. The number of amides is 1. The second kappa shape index (κ2) is 8.79. The van der Waals surface area contributed by atoms with Crippen molar-refractivity contribution in [2.45, 2.75) is 52.0 Å². The third-order valence-corrected chi connectivity index (χ3v) is 2.86. The van der Waals surface area contributed by atoms with Crippen LogP contribution in [0.2, 0.25) is 0 Å². The molecule has 1 aromatic carbocycles. The largest absolute Gasteiger partial charge is 0.460 e. The first kappa shape index (κ1) is 19.3. The van der Waals surface area contributed by atoms with E-state index in [1.807, 2.05) is 30.3 Å². The van der Waals surface area contributed by atoms with Crippen LogP contribution in [0.25, 0.3) is 10.4 Å². The van der Waals surface area contributed by atoms with Crippen LogP contribution < -0.4 is 5.32 Å². The second-order valence-electron chi connectivity index (χ2n) is 6.18. The average Bonchev–Trinajstić information content (AvgIpc) is 2.49. The van der Waals surface area contributed by atoms with E-state index in [4.69, 9.17) is 15.0 Å². The van der Waals surface area contributed by atoms with Gasteiger partial charge in [-0.3, -0.25) is 4.79 Å². The zero-order valence-electron chi connectivity index (χ0n) is 14.2. The number of esters is 1. The maximum absolute atomic E-state index is 12.1. The van der Waals surface area contributed by atoms with Gasteiger partial charge in [-0.2, -0.15) is 0 Å². The molecule has 0 bridgehead atoms. The first-order chi connectivity index (χ1) is 11.2. The van der Waals surface area contributed by atoms with E-state index in [-0.39, 0.29) is 6.61 Å². The monoisotopic (exact) mass is 334 g/mol. The van der Waals surface area contributed by atoms with Crippen LogP contribution in [0.1, 0.15) is 33.3 Å². The number of nitrogens with zero attached hydrogens (tertiary/aromatic N) is 3. The van der Waals surface area contributed by atoms with Crippen molar-refractivity contribution in [3.63, 3.8) is 0 Å². The third kappa shape index (κ3) is 7.02. The highest BCUT2D eigenvalue weighted by Crippen LogP contribution is 2.12. The first-order valence-corrected chi connectivity index (χ1v) is 7.47. The van der Waals surface area contributed by atoms with E-state index in [9.17, 15) is 9.59 Å². The molecule has 2 atom stereocenters. The van der Waals surface area contributed by atoms with Crippen LogP contribution in [0.15, 0.2) is 35.4 Å². The summed E-state index contributed by atoms with van der Waals surface area (Å²) in [5.41, 5.74) is 8.73. The smallest absolute Gasteiger partial charge is 0.407 e. The summed E-state index contributed by atoms with van der Waals surface area (Å²) in [4.78, 5) is 26.5. The summed E-state index contributed by atoms with van der Waals surface area (Å²) in [7, 11) is 0. The van der Waals surface area contributed by atoms with E-state index in [1.54, 1.807) is 20.8 Å². The molecular weight excluding hydrogens is 312 g/mol. The topological polar surface area (TPSA) is 113 Å². The normalized spacial score (nSPS) is 13.2. The number of benzene rings is 1. The lowest BCUT2D eigenvalue weighted by molar-refractivity contribution is -0.156. The van der Waals surface area contributed by atoms with Gasteiger partial charge in [0.1, 0.15) is 12.2 Å². The molecule has 0 aromatic heterocycles. The van der Waals surface area contributed by atoms with Crippen LogP contribution in [0.5, 0.6) is 0 Å². The van der Waals surface area contributed by atoms with Gasteiger partial charge in [-0.15, -0.1) is 0 Å². The predicted molar refractivity (Wildman–Crippen MR) is 88.0 cm³/mol. The minimum Gasteiger partial charge on any atom is -0.460 e. The van der Waals surface area contributed by atoms with Crippen LogP contribution in [-0.4, -0.2) is 29.7 Å². The fourth-order valence-corrected chi connectivity index (χ4v) is 1.80. The van der Waals surface area contributed by atoms with E-state index in [2.05, 4.69) is 15.3 Å². The average molecular weight is 334 g/mol. The molecule has 1 aromatic rings. The van der Waals surface area contributed by atoms with Crippen LogP contribution >= 0.6 is 0 Å². The van der Waals surface area contributed by atoms with Gasteiger partial charge >= 0.3 is 12.1 Å². The molecule has 1 rings (SSSR count). The van der Waals surface area contributed by atoms with Gasteiger partial charge in [0, 0.05) is 11.0 Å². The highest BCUT2D eigenvalue weighted by molar-refractivity contribution is 5.78. The van der Waals surface area contributed by atoms with E-state index in [0.717, 1.165) is 5.56 Å². The number of nitrogens with one attached hydrogen (secondary N) is 1. The molecule has 0 fully saturated rings. The maximum Gasteiger partial charge on any atom is 0.407 e. The number of carbonyl (C=O) groups is 2. The number of rotatable bonds is 6. The molecule has 0 aliphatic carbocycles. The number of hydrogen-bond donors (Lipinski definition) is 1. The zero-order chi connectivity index (χ0) is 18.2. The van der Waals surface area contributed by atoms with Crippen molar-refractivity contribution in [2.24, 2.45) is 5.11 Å². The molecule has 0 radical (unpaired) electrons. The molecule has 1 N–H and O–H groups in total. The number of azide groups is 1. The molecule has 0 aliphatic heterocycles. The van der Waals surface area contributed by atoms with Gasteiger partial charge in [-0.05, 0) is 38.8 Å². The Labute approximate surface area is 140 Å². The minimum atomic E-state index is -1.18. The van der Waals surface area contributed by atoms with E-state index < -0.39 is 29.7 Å². The Hall–Kier alpha value is -2.73. The minimum absolute atomic E-state index is 0.0953. The van der Waals surface area contributed by atoms with Gasteiger partial charge in [-0.1, -0.05) is 35.4 Å². The van der Waals surface area contributed by atoms with Gasteiger partial charge < -0.3 is 14.8 Å². The summed E-state index contributed by atoms with van der Waals surface area (Å²) in [5.74, 6) is -0.712. The van der Waals surface area contributed by atoms with Crippen molar-refractivity contribution in [2.75, 3.05) is 0 Å². The van der Waals surface area contributed by atoms with Crippen LogP contribution in [0.3, 0.4) is 0 Å². The van der Waals surface area contributed by atoms with E-state index >= 15 is 0 Å². The molecule has 8 heteroatoms. The molecule has 24 heavy (non-hydrogen) atoms. The van der Waals surface area contributed by atoms with Crippen molar-refractivity contribution >= 4 is 12.1 Å². The Bertz CT molecular complexity index is 606. The van der Waals surface area contributed by atoms with Crippen molar-refractivity contribution in [3.05, 3.63) is 46.3 Å². The molecule has 8 nitrogen and oxygen atoms in total. The Kier molecular flexibility index (Phi) is 7.07. The Balaban J connectivity index is 2.60. The second-order valence-corrected chi connectivity index (χ2v) is 6.18. The maximum atomic E-state index is 12.1. The summed E-state index contributed by atoms with van der Waals surface area (Å²) in [6.07, 6.45) is -0.715. The lowest BCUT2D eigenvalue weighted by atomic mass is 10.1. The molecule has 0 saturated carbocycles. The predicted octanol–water partition coefficient (Wildman–Crippen LogP) is 3.32. The third-order valence-electron chi connectivity index (χ3n) is 2.86. The van der Waals surface area contributed by atoms with E-state index in [1.165, 1.54) is 6.92 Å². The highest BCUT2D eigenvalue weighted by atomic mass is 16.6. The number of carbonyl (C=O) groups excluding carboxylic acids is 2. The Morgan fingerprint density at radius 1 is 1.29 bits per heavy atom. The van der Waals surface area contributed by atoms with Crippen LogP contribution in [0.4, 0.5) is 4.79 Å². The van der Waals surface area contributed by atoms with Crippen molar-refractivity contribution in [3.8, 4) is 0 Å². The lowest BCUT2D eigenvalue weighted by Crippen LogP contribution is -2.46. The molecule has 0 unspecified atom stereocenters.